The molecule has 0 aromatic heterocycles. The minimum Gasteiger partial charge on any atom is -0.331 e. The third kappa shape index (κ3) is 5.99. The van der Waals surface area contributed by atoms with Crippen molar-refractivity contribution in [2.45, 2.75) is 30.8 Å². The molecule has 0 radical (unpaired) electrons. The Morgan fingerprint density at radius 2 is 1.00 bits per heavy atom. The molecule has 0 aliphatic heterocycles. The molecule has 14 heteroatoms. The van der Waals surface area contributed by atoms with Crippen molar-refractivity contribution >= 4 is 7.82 Å². The van der Waals surface area contributed by atoms with Crippen LogP contribution in [0.15, 0.2) is 0 Å². The fourth-order valence-electron chi connectivity index (χ4n) is 0.465. The molecule has 0 rings (SSSR count). The first-order valence-electron chi connectivity index (χ1n) is 3.77. The van der Waals surface area contributed by atoms with E-state index < -0.39 is 38.6 Å². The van der Waals surface area contributed by atoms with Gasteiger partial charge in [0, 0.05) is 6.92 Å². The summed E-state index contributed by atoms with van der Waals surface area (Å²) in [5.41, 5.74) is 0. The second-order valence-corrected chi connectivity index (χ2v) is 4.12. The van der Waals surface area contributed by atoms with E-state index in [0.717, 1.165) is 0 Å². The molecule has 0 aromatic rings. The Balaban J connectivity index is 0. The molecule has 118 valence electrons. The topological polar surface area (TPSA) is 98.0 Å². The Labute approximate surface area is 99.3 Å². The average molecular weight is 330 g/mol. The first kappa shape index (κ1) is 20.8. The molecule has 0 aliphatic carbocycles. The lowest BCUT2D eigenvalue weighted by atomic mass is 10.1. The summed E-state index contributed by atoms with van der Waals surface area (Å²) in [5, 5.41) is 7.35. The van der Waals surface area contributed by atoms with Crippen LogP contribution >= 0.6 is 7.82 Å². The second kappa shape index (κ2) is 5.48. The van der Waals surface area contributed by atoms with Crippen LogP contribution in [-0.4, -0.2) is 43.7 Å². The molecule has 0 saturated carbocycles. The van der Waals surface area contributed by atoms with E-state index >= 15 is 0 Å². The molecule has 0 spiro atoms. The minimum atomic E-state index is -6.54. The van der Waals surface area contributed by atoms with Gasteiger partial charge in [-0.3, -0.25) is 0 Å². The van der Waals surface area contributed by atoms with E-state index in [1.54, 1.807) is 0 Å². The summed E-state index contributed by atoms with van der Waals surface area (Å²) in [4.78, 5) is 21.6. The zero-order valence-electron chi connectivity index (χ0n) is 8.67. The predicted molar refractivity (Wildman–Crippen MR) is 41.9 cm³/mol. The Morgan fingerprint density at radius 3 is 1.05 bits per heavy atom. The maximum absolute atomic E-state index is 12.1. The van der Waals surface area contributed by atoms with E-state index in [2.05, 4.69) is 0 Å². The monoisotopic (exact) mass is 330 g/mol. The summed E-state index contributed by atoms with van der Waals surface area (Å²) in [5.74, 6) is -18.3. The molecule has 0 amide bonds. The molecular formula is C5H7F8O5P. The maximum atomic E-state index is 12.1. The zero-order valence-corrected chi connectivity index (χ0v) is 9.56. The lowest BCUT2D eigenvalue weighted by molar-refractivity contribution is -0.414. The Morgan fingerprint density at radius 1 is 0.789 bits per heavy atom. The molecule has 0 saturated heterocycles. The maximum Gasteiger partial charge on any atom is 0.466 e. The van der Waals surface area contributed by atoms with Gasteiger partial charge in [-0.05, 0) is 0 Å². The molecule has 5 nitrogen and oxygen atoms in total. The molecule has 0 heterocycles. The van der Waals surface area contributed by atoms with E-state index in [0.29, 0.717) is 0 Å². The third-order valence-electron chi connectivity index (χ3n) is 1.32. The smallest absolute Gasteiger partial charge is 0.331 e. The van der Waals surface area contributed by atoms with Gasteiger partial charge in [-0.15, -0.1) is 0 Å². The molecule has 0 unspecified atom stereocenters. The van der Waals surface area contributed by atoms with Gasteiger partial charge in [-0.1, -0.05) is 0 Å². The van der Waals surface area contributed by atoms with Gasteiger partial charge < -0.3 is 19.8 Å². The number of aliphatic hydroxyl groups is 1. The van der Waals surface area contributed by atoms with Crippen molar-refractivity contribution in [1.82, 2.24) is 0 Å². The van der Waals surface area contributed by atoms with Crippen LogP contribution < -0.4 is 0 Å². The Kier molecular flexibility index (Phi) is 6.01. The Hall–Kier alpha value is -0.490. The summed E-state index contributed by atoms with van der Waals surface area (Å²) in [7, 11) is -4.64. The summed E-state index contributed by atoms with van der Waals surface area (Å²) in [6.45, 7) is -0.660. The molecule has 0 aliphatic rings. The van der Waals surface area contributed by atoms with E-state index in [-0.39, 0.29) is 0 Å². The number of hydrogen-bond donors (Lipinski definition) is 4. The fraction of sp³-hybridized carbons (Fsp3) is 1.00. The Bertz CT molecular complexity index is 308. The zero-order chi connectivity index (χ0) is 16.5. The van der Waals surface area contributed by atoms with Gasteiger partial charge in [0.1, 0.15) is 0 Å². The van der Waals surface area contributed by atoms with Crippen LogP contribution in [0.1, 0.15) is 6.92 Å². The number of alkyl halides is 8. The lowest BCUT2D eigenvalue weighted by Crippen LogP contribution is -2.61. The fourth-order valence-corrected chi connectivity index (χ4v) is 0.465. The molecule has 0 atom stereocenters. The predicted octanol–water partition coefficient (Wildman–Crippen LogP) is 1.57. The number of hydrogen-bond acceptors (Lipinski definition) is 2. The van der Waals surface area contributed by atoms with Crippen molar-refractivity contribution in [2.75, 3.05) is 0 Å². The highest BCUT2D eigenvalue weighted by Gasteiger charge is 2.79. The average Bonchev–Trinajstić information content (AvgIpc) is 1.95. The highest BCUT2D eigenvalue weighted by atomic mass is 31.2. The van der Waals surface area contributed by atoms with Crippen LogP contribution in [0.5, 0.6) is 0 Å². The van der Waals surface area contributed by atoms with E-state index in [4.69, 9.17) is 24.4 Å². The van der Waals surface area contributed by atoms with Crippen molar-refractivity contribution < 1.29 is 59.5 Å². The first-order valence-corrected chi connectivity index (χ1v) is 5.33. The van der Waals surface area contributed by atoms with Crippen LogP contribution in [0.4, 0.5) is 35.1 Å². The summed E-state index contributed by atoms with van der Waals surface area (Å²) in [6, 6.07) is 0. The molecule has 4 N–H and O–H groups in total. The van der Waals surface area contributed by atoms with Crippen molar-refractivity contribution in [2.24, 2.45) is 0 Å². The summed E-state index contributed by atoms with van der Waals surface area (Å²) in [6.07, 6.45) is -6.23. The van der Waals surface area contributed by atoms with Gasteiger partial charge in [0.2, 0.25) is 0 Å². The molecule has 0 aromatic carbocycles. The van der Waals surface area contributed by atoms with E-state index in [9.17, 15) is 35.1 Å². The van der Waals surface area contributed by atoms with Crippen molar-refractivity contribution in [3.8, 4) is 0 Å². The molecular weight excluding hydrogens is 323 g/mol. The summed E-state index contributed by atoms with van der Waals surface area (Å²) < 4.78 is 104. The normalized spacial score (nSPS) is 14.8. The highest BCUT2D eigenvalue weighted by molar-refractivity contribution is 7.45. The standard InChI is InChI=1S/C5H4F8O.H3O4P/c1-2(6,7)3(8,9)4(10,11)5(12,13)14;1-5(2,3)4/h14H,1H3;(H3,1,2,3,4). The van der Waals surface area contributed by atoms with Crippen LogP contribution in [0, 0.1) is 0 Å². The van der Waals surface area contributed by atoms with Crippen LogP contribution in [0.3, 0.4) is 0 Å². The van der Waals surface area contributed by atoms with Crippen molar-refractivity contribution in [3.05, 3.63) is 0 Å². The summed E-state index contributed by atoms with van der Waals surface area (Å²) >= 11 is 0. The van der Waals surface area contributed by atoms with E-state index in [1.165, 1.54) is 0 Å². The van der Waals surface area contributed by atoms with Crippen molar-refractivity contribution in [3.63, 3.8) is 0 Å². The van der Waals surface area contributed by atoms with Gasteiger partial charge >= 0.3 is 31.7 Å². The van der Waals surface area contributed by atoms with Crippen molar-refractivity contribution in [1.29, 1.82) is 0 Å². The first-order chi connectivity index (χ1) is 7.75. The highest BCUT2D eigenvalue weighted by Crippen LogP contribution is 2.51. The third-order valence-corrected chi connectivity index (χ3v) is 1.32. The van der Waals surface area contributed by atoms with Crippen LogP contribution in [-0.2, 0) is 4.57 Å². The molecule has 0 fully saturated rings. The largest absolute Gasteiger partial charge is 0.466 e. The van der Waals surface area contributed by atoms with Gasteiger partial charge in [0.05, 0.1) is 0 Å². The molecule has 0 bridgehead atoms. The number of phosphoric acid groups is 1. The van der Waals surface area contributed by atoms with Gasteiger partial charge in [-0.2, -0.15) is 35.1 Å². The lowest BCUT2D eigenvalue weighted by Gasteiger charge is -2.32. The van der Waals surface area contributed by atoms with Crippen LogP contribution in [0.25, 0.3) is 0 Å². The van der Waals surface area contributed by atoms with E-state index in [1.807, 2.05) is 0 Å². The quantitative estimate of drug-likeness (QED) is 0.465. The molecule has 19 heavy (non-hydrogen) atoms. The van der Waals surface area contributed by atoms with Gasteiger partial charge in [0.25, 0.3) is 0 Å². The van der Waals surface area contributed by atoms with Crippen LogP contribution in [0.2, 0.25) is 0 Å². The number of halogens is 8. The second-order valence-electron chi connectivity index (χ2n) is 3.09. The van der Waals surface area contributed by atoms with Gasteiger partial charge in [-0.25, -0.2) is 4.57 Å². The number of rotatable bonds is 3. The SMILES string of the molecule is CC(F)(F)C(F)(F)C(F)(F)C(O)(F)F.O=P(O)(O)O. The van der Waals surface area contributed by atoms with Gasteiger partial charge in [0.15, 0.2) is 0 Å². The minimum absolute atomic E-state index is 0.660.